The minimum atomic E-state index is -0.336. The van der Waals surface area contributed by atoms with E-state index in [1.807, 2.05) is 0 Å². The number of aromatic hydroxyl groups is 1. The van der Waals surface area contributed by atoms with Crippen molar-refractivity contribution in [3.63, 3.8) is 0 Å². The van der Waals surface area contributed by atoms with Gasteiger partial charge < -0.3 is 5.11 Å². The average Bonchev–Trinajstić information content (AvgIpc) is 2.78. The van der Waals surface area contributed by atoms with Crippen LogP contribution in [0.25, 0.3) is 0 Å². The van der Waals surface area contributed by atoms with Crippen LogP contribution in [-0.4, -0.2) is 28.8 Å². The number of rotatable bonds is 5. The summed E-state index contributed by atoms with van der Waals surface area (Å²) >= 11 is 0. The number of amides is 2. The van der Waals surface area contributed by atoms with Gasteiger partial charge in [-0.1, -0.05) is 0 Å². The first-order valence-electron chi connectivity index (χ1n) is 6.51. The van der Waals surface area contributed by atoms with E-state index < -0.39 is 0 Å². The lowest BCUT2D eigenvalue weighted by Gasteiger charge is -2.06. The van der Waals surface area contributed by atoms with E-state index >= 15 is 0 Å². The summed E-state index contributed by atoms with van der Waals surface area (Å²) < 4.78 is 0. The lowest BCUT2D eigenvalue weighted by molar-refractivity contribution is -0.123. The van der Waals surface area contributed by atoms with Crippen molar-refractivity contribution in [1.29, 1.82) is 0 Å². The number of nitrogens with zero attached hydrogens (tertiary/aromatic N) is 2. The molecule has 1 aromatic rings. The molecule has 0 saturated carbocycles. The van der Waals surface area contributed by atoms with Crippen molar-refractivity contribution in [2.24, 2.45) is 16.1 Å². The summed E-state index contributed by atoms with van der Waals surface area (Å²) in [6, 6.07) is 6.41. The number of nitrogens with one attached hydrogen (secondary N) is 2. The molecule has 0 unspecified atom stereocenters. The van der Waals surface area contributed by atoms with Gasteiger partial charge in [0.15, 0.2) is 0 Å². The van der Waals surface area contributed by atoms with E-state index in [9.17, 15) is 9.59 Å². The molecule has 7 nitrogen and oxygen atoms in total. The molecule has 0 aliphatic carbocycles. The van der Waals surface area contributed by atoms with E-state index in [2.05, 4.69) is 21.1 Å². The number of phenolic OH excluding ortho intramolecular Hbond substituents is 1. The SMILES string of the molecule is CC1=NNC(=O)[C@@H]1CCC(=O)N/N=C\c1ccc(O)cc1. The monoisotopic (exact) mass is 288 g/mol. The number of benzene rings is 1. The van der Waals surface area contributed by atoms with Crippen LogP contribution in [0, 0.1) is 5.92 Å². The maximum atomic E-state index is 11.6. The molecule has 1 aliphatic rings. The Morgan fingerprint density at radius 1 is 1.48 bits per heavy atom. The van der Waals surface area contributed by atoms with Gasteiger partial charge in [0, 0.05) is 12.1 Å². The molecular formula is C14H16N4O3. The van der Waals surface area contributed by atoms with Crippen LogP contribution in [0.2, 0.25) is 0 Å². The van der Waals surface area contributed by atoms with Gasteiger partial charge in [-0.15, -0.1) is 0 Å². The predicted octanol–water partition coefficient (Wildman–Crippen LogP) is 0.744. The molecule has 3 N–H and O–H groups in total. The van der Waals surface area contributed by atoms with Crippen LogP contribution < -0.4 is 10.9 Å². The smallest absolute Gasteiger partial charge is 0.248 e. The Bertz CT molecular complexity index is 593. The number of hydrogen-bond donors (Lipinski definition) is 3. The zero-order chi connectivity index (χ0) is 15.2. The normalized spacial score (nSPS) is 17.7. The van der Waals surface area contributed by atoms with Crippen LogP contribution in [0.1, 0.15) is 25.3 Å². The number of phenols is 1. The van der Waals surface area contributed by atoms with Gasteiger partial charge in [-0.2, -0.15) is 10.2 Å². The van der Waals surface area contributed by atoms with Gasteiger partial charge in [0.2, 0.25) is 11.8 Å². The third kappa shape index (κ3) is 4.13. The van der Waals surface area contributed by atoms with E-state index in [1.165, 1.54) is 18.3 Å². The maximum Gasteiger partial charge on any atom is 0.248 e. The van der Waals surface area contributed by atoms with Crippen molar-refractivity contribution in [2.75, 3.05) is 0 Å². The Morgan fingerprint density at radius 3 is 2.81 bits per heavy atom. The molecular weight excluding hydrogens is 272 g/mol. The van der Waals surface area contributed by atoms with Gasteiger partial charge in [-0.05, 0) is 43.2 Å². The molecule has 110 valence electrons. The summed E-state index contributed by atoms with van der Waals surface area (Å²) in [5.41, 5.74) is 6.23. The van der Waals surface area contributed by atoms with Gasteiger partial charge >= 0.3 is 0 Å². The van der Waals surface area contributed by atoms with Crippen LogP contribution >= 0.6 is 0 Å². The van der Waals surface area contributed by atoms with Crippen molar-refractivity contribution in [2.45, 2.75) is 19.8 Å². The summed E-state index contributed by atoms with van der Waals surface area (Å²) in [5, 5.41) is 16.8. The number of hydrazone groups is 2. The summed E-state index contributed by atoms with van der Waals surface area (Å²) in [6.45, 7) is 1.75. The van der Waals surface area contributed by atoms with Crippen molar-refractivity contribution in [3.05, 3.63) is 29.8 Å². The Morgan fingerprint density at radius 2 is 2.19 bits per heavy atom. The fourth-order valence-electron chi connectivity index (χ4n) is 1.90. The molecule has 7 heteroatoms. The zero-order valence-electron chi connectivity index (χ0n) is 11.5. The van der Waals surface area contributed by atoms with Crippen LogP contribution in [0.4, 0.5) is 0 Å². The predicted molar refractivity (Wildman–Crippen MR) is 77.8 cm³/mol. The highest BCUT2D eigenvalue weighted by molar-refractivity contribution is 6.07. The molecule has 2 rings (SSSR count). The summed E-state index contributed by atoms with van der Waals surface area (Å²) in [4.78, 5) is 23.0. The fraction of sp³-hybridized carbons (Fsp3) is 0.286. The van der Waals surface area contributed by atoms with Gasteiger partial charge in [-0.25, -0.2) is 10.9 Å². The standard InChI is InChI=1S/C14H16N4O3/c1-9-12(14(21)18-16-9)6-7-13(20)17-15-8-10-2-4-11(19)5-3-10/h2-5,8,12,19H,6-7H2,1H3,(H,17,20)(H,18,21)/b15-8-/t12-/m1/s1. The van der Waals surface area contributed by atoms with Crippen molar-refractivity contribution < 1.29 is 14.7 Å². The quantitative estimate of drug-likeness (QED) is 0.550. The van der Waals surface area contributed by atoms with E-state index in [4.69, 9.17) is 5.11 Å². The molecule has 0 bridgehead atoms. The van der Waals surface area contributed by atoms with E-state index in [1.54, 1.807) is 19.1 Å². The fourth-order valence-corrected chi connectivity index (χ4v) is 1.90. The molecule has 1 aromatic carbocycles. The molecule has 1 heterocycles. The summed E-state index contributed by atoms with van der Waals surface area (Å²) in [7, 11) is 0. The van der Waals surface area contributed by atoms with Crippen LogP contribution in [0.3, 0.4) is 0 Å². The average molecular weight is 288 g/mol. The highest BCUT2D eigenvalue weighted by Crippen LogP contribution is 2.13. The molecule has 0 saturated heterocycles. The summed E-state index contributed by atoms with van der Waals surface area (Å²) in [5.74, 6) is -0.606. The first-order chi connectivity index (χ1) is 10.1. The molecule has 1 aliphatic heterocycles. The zero-order valence-corrected chi connectivity index (χ0v) is 11.5. The Hall–Kier alpha value is -2.70. The Balaban J connectivity index is 1.76. The second-order valence-electron chi connectivity index (χ2n) is 4.71. The second-order valence-corrected chi connectivity index (χ2v) is 4.71. The topological polar surface area (TPSA) is 103 Å². The number of carbonyl (C=O) groups is 2. The van der Waals surface area contributed by atoms with E-state index in [0.29, 0.717) is 12.1 Å². The van der Waals surface area contributed by atoms with E-state index in [0.717, 1.165) is 5.56 Å². The number of hydrogen-bond acceptors (Lipinski definition) is 5. The molecule has 0 radical (unpaired) electrons. The van der Waals surface area contributed by atoms with Crippen molar-refractivity contribution in [3.8, 4) is 5.75 Å². The van der Waals surface area contributed by atoms with Crippen LogP contribution in [0.5, 0.6) is 5.75 Å². The highest BCUT2D eigenvalue weighted by atomic mass is 16.3. The molecule has 0 aromatic heterocycles. The second kappa shape index (κ2) is 6.65. The minimum Gasteiger partial charge on any atom is -0.508 e. The third-order valence-electron chi connectivity index (χ3n) is 3.12. The van der Waals surface area contributed by atoms with Crippen LogP contribution in [-0.2, 0) is 9.59 Å². The van der Waals surface area contributed by atoms with Gasteiger partial charge in [0.1, 0.15) is 5.75 Å². The van der Waals surface area contributed by atoms with Gasteiger partial charge in [-0.3, -0.25) is 9.59 Å². The Kier molecular flexibility index (Phi) is 4.65. The Labute approximate surface area is 121 Å². The van der Waals surface area contributed by atoms with E-state index in [-0.39, 0.29) is 29.9 Å². The third-order valence-corrected chi connectivity index (χ3v) is 3.12. The lowest BCUT2D eigenvalue weighted by Crippen LogP contribution is -2.25. The first-order valence-corrected chi connectivity index (χ1v) is 6.51. The lowest BCUT2D eigenvalue weighted by atomic mass is 9.99. The molecule has 0 spiro atoms. The largest absolute Gasteiger partial charge is 0.508 e. The molecule has 1 atom stereocenters. The minimum absolute atomic E-state index is 0.169. The van der Waals surface area contributed by atoms with Gasteiger partial charge in [0.25, 0.3) is 0 Å². The first kappa shape index (κ1) is 14.7. The van der Waals surface area contributed by atoms with Gasteiger partial charge in [0.05, 0.1) is 12.1 Å². The van der Waals surface area contributed by atoms with Crippen LogP contribution in [0.15, 0.2) is 34.5 Å². The highest BCUT2D eigenvalue weighted by Gasteiger charge is 2.26. The summed E-state index contributed by atoms with van der Waals surface area (Å²) in [6.07, 6.45) is 2.08. The molecule has 21 heavy (non-hydrogen) atoms. The molecule has 0 fully saturated rings. The number of carbonyl (C=O) groups excluding carboxylic acids is 2. The molecule has 2 amide bonds. The van der Waals surface area contributed by atoms with Crippen molar-refractivity contribution in [1.82, 2.24) is 10.9 Å². The maximum absolute atomic E-state index is 11.6. The van der Waals surface area contributed by atoms with Crippen molar-refractivity contribution >= 4 is 23.7 Å².